The van der Waals surface area contributed by atoms with Gasteiger partial charge in [0.25, 0.3) is 5.91 Å². The highest BCUT2D eigenvalue weighted by atomic mass is 32.2. The second-order valence-corrected chi connectivity index (χ2v) is 10.1. The fraction of sp³-hybridized carbons (Fsp3) is 0.400. The Balaban J connectivity index is 2.01. The number of fused-ring (bicyclic) bond motifs is 1. The van der Waals surface area contributed by atoms with Gasteiger partial charge in [0.1, 0.15) is 5.00 Å². The van der Waals surface area contributed by atoms with Crippen LogP contribution in [0.5, 0.6) is 0 Å². The molecule has 3 rings (SSSR count). The Morgan fingerprint density at radius 1 is 1.29 bits per heavy atom. The normalized spacial score (nSPS) is 16.3. The number of hydrogen-bond acceptors (Lipinski definition) is 6. The number of benzene rings is 1. The second-order valence-electron chi connectivity index (χ2n) is 7.00. The lowest BCUT2D eigenvalue weighted by Gasteiger charge is -2.18. The molecule has 150 valence electrons. The van der Waals surface area contributed by atoms with Crippen molar-refractivity contribution in [3.8, 4) is 0 Å². The molecule has 0 saturated carbocycles. The van der Waals surface area contributed by atoms with Crippen molar-refractivity contribution in [3.63, 3.8) is 0 Å². The van der Waals surface area contributed by atoms with Gasteiger partial charge in [-0.3, -0.25) is 4.79 Å². The van der Waals surface area contributed by atoms with E-state index in [-0.39, 0.29) is 17.1 Å². The smallest absolute Gasteiger partial charge is 0.341 e. The molecule has 1 amide bonds. The van der Waals surface area contributed by atoms with Gasteiger partial charge in [0.2, 0.25) is 0 Å². The van der Waals surface area contributed by atoms with E-state index in [0.717, 1.165) is 36.0 Å². The third-order valence-electron chi connectivity index (χ3n) is 4.75. The summed E-state index contributed by atoms with van der Waals surface area (Å²) >= 11 is 1.37. The zero-order chi connectivity index (χ0) is 20.5. The zero-order valence-corrected chi connectivity index (χ0v) is 17.7. The number of thiophene rings is 1. The summed E-state index contributed by atoms with van der Waals surface area (Å²) in [5.41, 5.74) is 1.40. The van der Waals surface area contributed by atoms with Gasteiger partial charge in [-0.1, -0.05) is 19.1 Å². The Bertz CT molecular complexity index is 1020. The van der Waals surface area contributed by atoms with Crippen LogP contribution in [0.15, 0.2) is 29.2 Å². The van der Waals surface area contributed by atoms with Crippen molar-refractivity contribution in [2.45, 2.75) is 38.0 Å². The van der Waals surface area contributed by atoms with Gasteiger partial charge in [-0.05, 0) is 49.8 Å². The van der Waals surface area contributed by atoms with E-state index in [1.807, 2.05) is 0 Å². The summed E-state index contributed by atoms with van der Waals surface area (Å²) in [5.74, 6) is -0.504. The SMILES string of the molecule is CCOC(=O)c1c(NC(=O)c2ccccc2S(C)(=O)=O)sc2c1CC[C@H](C)C2. The Morgan fingerprint density at radius 3 is 2.68 bits per heavy atom. The highest BCUT2D eigenvalue weighted by molar-refractivity contribution is 7.90. The molecule has 2 aromatic rings. The molecule has 0 fully saturated rings. The number of hydrogen-bond donors (Lipinski definition) is 1. The van der Waals surface area contributed by atoms with E-state index >= 15 is 0 Å². The Labute approximate surface area is 168 Å². The van der Waals surface area contributed by atoms with E-state index in [0.29, 0.717) is 16.5 Å². The minimum Gasteiger partial charge on any atom is -0.462 e. The van der Waals surface area contributed by atoms with Gasteiger partial charge >= 0.3 is 5.97 Å². The first-order valence-electron chi connectivity index (χ1n) is 9.14. The highest BCUT2D eigenvalue weighted by Gasteiger charge is 2.30. The molecule has 1 aliphatic carbocycles. The summed E-state index contributed by atoms with van der Waals surface area (Å²) in [6.45, 7) is 4.14. The number of ether oxygens (including phenoxy) is 1. The monoisotopic (exact) mass is 421 g/mol. The van der Waals surface area contributed by atoms with Crippen LogP contribution in [0.4, 0.5) is 5.00 Å². The molecule has 0 aliphatic heterocycles. The first-order chi connectivity index (χ1) is 13.2. The second kappa shape index (κ2) is 8.05. The van der Waals surface area contributed by atoms with E-state index in [1.54, 1.807) is 19.1 Å². The van der Waals surface area contributed by atoms with Crippen molar-refractivity contribution >= 4 is 38.1 Å². The van der Waals surface area contributed by atoms with E-state index < -0.39 is 21.7 Å². The number of amides is 1. The molecule has 0 bridgehead atoms. The fourth-order valence-corrected chi connectivity index (χ4v) is 5.69. The van der Waals surface area contributed by atoms with Crippen LogP contribution in [0.25, 0.3) is 0 Å². The average molecular weight is 422 g/mol. The fourth-order valence-electron chi connectivity index (χ4n) is 3.41. The maximum atomic E-state index is 12.9. The third-order valence-corrected chi connectivity index (χ3v) is 7.07. The van der Waals surface area contributed by atoms with Crippen LogP contribution in [0.2, 0.25) is 0 Å². The van der Waals surface area contributed by atoms with Crippen LogP contribution in [-0.4, -0.2) is 33.2 Å². The van der Waals surface area contributed by atoms with Crippen molar-refractivity contribution in [2.75, 3.05) is 18.2 Å². The predicted octanol–water partition coefficient (Wildman–Crippen LogP) is 3.71. The average Bonchev–Trinajstić information content (AvgIpc) is 2.98. The summed E-state index contributed by atoms with van der Waals surface area (Å²) < 4.78 is 29.2. The van der Waals surface area contributed by atoms with Crippen LogP contribution in [0.3, 0.4) is 0 Å². The molecule has 1 atom stereocenters. The lowest BCUT2D eigenvalue weighted by molar-refractivity contribution is 0.0526. The topological polar surface area (TPSA) is 89.5 Å². The highest BCUT2D eigenvalue weighted by Crippen LogP contribution is 2.40. The molecule has 1 aromatic carbocycles. The molecule has 8 heteroatoms. The first kappa shape index (κ1) is 20.5. The van der Waals surface area contributed by atoms with Crippen LogP contribution in [-0.2, 0) is 27.4 Å². The van der Waals surface area contributed by atoms with Crippen molar-refractivity contribution in [2.24, 2.45) is 5.92 Å². The molecular weight excluding hydrogens is 398 g/mol. The van der Waals surface area contributed by atoms with Gasteiger partial charge < -0.3 is 10.1 Å². The van der Waals surface area contributed by atoms with Crippen LogP contribution < -0.4 is 5.32 Å². The molecule has 28 heavy (non-hydrogen) atoms. The number of esters is 1. The molecule has 1 aliphatic rings. The van der Waals surface area contributed by atoms with Crippen LogP contribution >= 0.6 is 11.3 Å². The largest absolute Gasteiger partial charge is 0.462 e. The Hall–Kier alpha value is -2.19. The van der Waals surface area contributed by atoms with Gasteiger partial charge in [0.15, 0.2) is 9.84 Å². The minimum absolute atomic E-state index is 0.0415. The minimum atomic E-state index is -3.56. The molecular formula is C20H23NO5S2. The molecule has 0 unspecified atom stereocenters. The molecule has 6 nitrogen and oxygen atoms in total. The molecule has 0 radical (unpaired) electrons. The lowest BCUT2D eigenvalue weighted by Crippen LogP contribution is -2.18. The van der Waals surface area contributed by atoms with Gasteiger partial charge in [-0.15, -0.1) is 11.3 Å². The summed E-state index contributed by atoms with van der Waals surface area (Å²) in [6, 6.07) is 6.04. The van der Waals surface area contributed by atoms with Crippen molar-refractivity contribution in [1.29, 1.82) is 0 Å². The van der Waals surface area contributed by atoms with E-state index in [2.05, 4.69) is 12.2 Å². The molecule has 0 spiro atoms. The maximum absolute atomic E-state index is 12.9. The maximum Gasteiger partial charge on any atom is 0.341 e. The number of rotatable bonds is 5. The van der Waals surface area contributed by atoms with E-state index in [4.69, 9.17) is 4.74 Å². The summed E-state index contributed by atoms with van der Waals surface area (Å²) in [6.07, 6.45) is 3.65. The van der Waals surface area contributed by atoms with Gasteiger partial charge in [0.05, 0.1) is 22.6 Å². The van der Waals surface area contributed by atoms with Crippen molar-refractivity contribution in [3.05, 3.63) is 45.8 Å². The molecule has 1 heterocycles. The molecule has 1 aromatic heterocycles. The zero-order valence-electron chi connectivity index (χ0n) is 16.1. The molecule has 0 saturated heterocycles. The number of sulfone groups is 1. The number of carbonyl (C=O) groups is 2. The van der Waals surface area contributed by atoms with Gasteiger partial charge in [-0.2, -0.15) is 0 Å². The Kier molecular flexibility index (Phi) is 5.90. The summed E-state index contributed by atoms with van der Waals surface area (Å²) in [5, 5.41) is 3.19. The quantitative estimate of drug-likeness (QED) is 0.744. The first-order valence-corrected chi connectivity index (χ1v) is 11.8. The number of carbonyl (C=O) groups excluding carboxylic acids is 2. The molecule has 1 N–H and O–H groups in total. The number of nitrogens with one attached hydrogen (secondary N) is 1. The standard InChI is InChI=1S/C20H23NO5S2/c1-4-26-20(23)17-13-10-9-12(2)11-15(13)27-19(17)21-18(22)14-7-5-6-8-16(14)28(3,24)25/h5-8,12H,4,9-11H2,1-3H3,(H,21,22)/t12-/m0/s1. The van der Waals surface area contributed by atoms with Gasteiger partial charge in [0, 0.05) is 11.1 Å². The third kappa shape index (κ3) is 4.12. The van der Waals surface area contributed by atoms with E-state index in [9.17, 15) is 18.0 Å². The van der Waals surface area contributed by atoms with Crippen molar-refractivity contribution in [1.82, 2.24) is 0 Å². The predicted molar refractivity (Wildman–Crippen MR) is 109 cm³/mol. The van der Waals surface area contributed by atoms with Gasteiger partial charge in [-0.25, -0.2) is 13.2 Å². The summed E-state index contributed by atoms with van der Waals surface area (Å²) in [4.78, 5) is 26.5. The van der Waals surface area contributed by atoms with Crippen LogP contribution in [0, 0.1) is 5.92 Å². The lowest BCUT2D eigenvalue weighted by atomic mass is 9.88. The van der Waals surface area contributed by atoms with Crippen LogP contribution in [0.1, 0.15) is 51.4 Å². The number of anilines is 1. The summed E-state index contributed by atoms with van der Waals surface area (Å²) in [7, 11) is -3.56. The van der Waals surface area contributed by atoms with E-state index in [1.165, 1.54) is 23.5 Å². The van der Waals surface area contributed by atoms with Crippen molar-refractivity contribution < 1.29 is 22.7 Å². The Morgan fingerprint density at radius 2 is 2.00 bits per heavy atom.